The lowest BCUT2D eigenvalue weighted by Gasteiger charge is -2.12. The minimum Gasteiger partial charge on any atom is -0.393 e. The van der Waals surface area contributed by atoms with Gasteiger partial charge in [-0.2, -0.15) is 0 Å². The average molecular weight is 253 g/mol. The van der Waals surface area contributed by atoms with Crippen molar-refractivity contribution in [2.75, 3.05) is 6.54 Å². The second-order valence-corrected chi connectivity index (χ2v) is 5.42. The Bertz CT molecular complexity index is 341. The Balaban J connectivity index is 2.32. The molecule has 2 unspecified atom stereocenters. The topological polar surface area (TPSA) is 49.3 Å². The molecule has 94 valence electrons. The molecular formula is C13H19NO2S. The first-order valence-corrected chi connectivity index (χ1v) is 6.65. The monoisotopic (exact) mass is 253 g/mol. The zero-order valence-corrected chi connectivity index (χ0v) is 11.0. The van der Waals surface area contributed by atoms with E-state index in [9.17, 15) is 4.79 Å². The largest absolute Gasteiger partial charge is 0.393 e. The fourth-order valence-electron chi connectivity index (χ4n) is 1.30. The first kappa shape index (κ1) is 14.1. The third kappa shape index (κ3) is 5.75. The molecule has 1 rings (SSSR count). The standard InChI is InChI=1S/C13H19NO2S/c1-10(15)8-9-14-13(16)11(2)17-12-6-4-3-5-7-12/h3-7,10-11,15H,8-9H2,1-2H3,(H,14,16). The van der Waals surface area contributed by atoms with Crippen LogP contribution in [-0.2, 0) is 4.79 Å². The summed E-state index contributed by atoms with van der Waals surface area (Å²) in [6.45, 7) is 4.12. The molecule has 0 fully saturated rings. The number of rotatable bonds is 6. The van der Waals surface area contributed by atoms with Crippen LogP contribution in [0.25, 0.3) is 0 Å². The Morgan fingerprint density at radius 1 is 1.35 bits per heavy atom. The molecule has 0 heterocycles. The van der Waals surface area contributed by atoms with E-state index < -0.39 is 0 Å². The van der Waals surface area contributed by atoms with E-state index in [1.165, 1.54) is 11.8 Å². The van der Waals surface area contributed by atoms with Crippen molar-refractivity contribution in [3.63, 3.8) is 0 Å². The minimum absolute atomic E-state index is 0.0134. The van der Waals surface area contributed by atoms with Crippen LogP contribution in [0.4, 0.5) is 0 Å². The van der Waals surface area contributed by atoms with Crippen molar-refractivity contribution in [2.45, 2.75) is 36.5 Å². The summed E-state index contributed by atoms with van der Waals surface area (Å²) in [6.07, 6.45) is 0.224. The molecule has 17 heavy (non-hydrogen) atoms. The van der Waals surface area contributed by atoms with Crippen LogP contribution >= 0.6 is 11.8 Å². The van der Waals surface area contributed by atoms with Gasteiger partial charge in [0.2, 0.25) is 5.91 Å². The van der Waals surface area contributed by atoms with E-state index in [4.69, 9.17) is 5.11 Å². The Labute approximate surface area is 107 Å². The Morgan fingerprint density at radius 2 is 2.00 bits per heavy atom. The number of carbonyl (C=O) groups excluding carboxylic acids is 1. The molecule has 0 spiro atoms. The van der Waals surface area contributed by atoms with Crippen molar-refractivity contribution in [2.24, 2.45) is 0 Å². The summed E-state index contributed by atoms with van der Waals surface area (Å²) >= 11 is 1.54. The molecular weight excluding hydrogens is 234 g/mol. The Morgan fingerprint density at radius 3 is 2.59 bits per heavy atom. The normalized spacial score (nSPS) is 14.1. The van der Waals surface area contributed by atoms with Crippen molar-refractivity contribution in [1.29, 1.82) is 0 Å². The molecule has 1 aromatic carbocycles. The van der Waals surface area contributed by atoms with Gasteiger partial charge in [0.1, 0.15) is 0 Å². The number of aliphatic hydroxyl groups is 1. The first-order valence-electron chi connectivity index (χ1n) is 5.77. The molecule has 3 nitrogen and oxygen atoms in total. The maximum atomic E-state index is 11.7. The first-order chi connectivity index (χ1) is 8.09. The molecule has 0 aromatic heterocycles. The molecule has 0 bridgehead atoms. The summed E-state index contributed by atoms with van der Waals surface area (Å²) in [5, 5.41) is 11.8. The van der Waals surface area contributed by atoms with Gasteiger partial charge in [0.15, 0.2) is 0 Å². The molecule has 0 saturated carbocycles. The van der Waals surface area contributed by atoms with Crippen molar-refractivity contribution in [1.82, 2.24) is 5.32 Å². The maximum absolute atomic E-state index is 11.7. The second kappa shape index (κ2) is 7.35. The Kier molecular flexibility index (Phi) is 6.08. The molecule has 0 saturated heterocycles. The fraction of sp³-hybridized carbons (Fsp3) is 0.462. The van der Waals surface area contributed by atoms with E-state index in [1.807, 2.05) is 37.3 Å². The summed E-state index contributed by atoms with van der Waals surface area (Å²) < 4.78 is 0. The third-order valence-electron chi connectivity index (χ3n) is 2.29. The van der Waals surface area contributed by atoms with Crippen LogP contribution in [0.15, 0.2) is 35.2 Å². The number of thioether (sulfide) groups is 1. The van der Waals surface area contributed by atoms with Gasteiger partial charge < -0.3 is 10.4 Å². The van der Waals surface area contributed by atoms with Gasteiger partial charge in [0, 0.05) is 11.4 Å². The number of hydrogen-bond acceptors (Lipinski definition) is 3. The quantitative estimate of drug-likeness (QED) is 0.763. The van der Waals surface area contributed by atoms with Gasteiger partial charge in [-0.3, -0.25) is 4.79 Å². The summed E-state index contributed by atoms with van der Waals surface area (Å²) in [6, 6.07) is 9.85. The molecule has 0 aliphatic rings. The van der Waals surface area contributed by atoms with E-state index in [1.54, 1.807) is 6.92 Å². The highest BCUT2D eigenvalue weighted by atomic mass is 32.2. The highest BCUT2D eigenvalue weighted by molar-refractivity contribution is 8.00. The van der Waals surface area contributed by atoms with Crippen LogP contribution in [-0.4, -0.2) is 28.9 Å². The van der Waals surface area contributed by atoms with Gasteiger partial charge >= 0.3 is 0 Å². The van der Waals surface area contributed by atoms with Gasteiger partial charge in [-0.1, -0.05) is 18.2 Å². The lowest BCUT2D eigenvalue weighted by atomic mass is 10.3. The summed E-state index contributed by atoms with van der Waals surface area (Å²) in [5.74, 6) is 0.0134. The predicted molar refractivity (Wildman–Crippen MR) is 71.1 cm³/mol. The number of amides is 1. The number of aliphatic hydroxyl groups excluding tert-OH is 1. The number of benzene rings is 1. The van der Waals surface area contributed by atoms with E-state index in [0.717, 1.165) is 4.90 Å². The molecule has 2 N–H and O–H groups in total. The van der Waals surface area contributed by atoms with Gasteiger partial charge in [-0.05, 0) is 32.4 Å². The lowest BCUT2D eigenvalue weighted by molar-refractivity contribution is -0.120. The number of hydrogen-bond donors (Lipinski definition) is 2. The number of carbonyl (C=O) groups is 1. The maximum Gasteiger partial charge on any atom is 0.233 e. The fourth-order valence-corrected chi connectivity index (χ4v) is 2.22. The van der Waals surface area contributed by atoms with E-state index in [-0.39, 0.29) is 17.3 Å². The van der Waals surface area contributed by atoms with Crippen LogP contribution in [0.3, 0.4) is 0 Å². The van der Waals surface area contributed by atoms with Crippen molar-refractivity contribution >= 4 is 17.7 Å². The van der Waals surface area contributed by atoms with Crippen LogP contribution in [0, 0.1) is 0 Å². The summed E-state index contributed by atoms with van der Waals surface area (Å²) in [7, 11) is 0. The van der Waals surface area contributed by atoms with Crippen LogP contribution < -0.4 is 5.32 Å². The molecule has 0 aliphatic carbocycles. The lowest BCUT2D eigenvalue weighted by Crippen LogP contribution is -2.32. The van der Waals surface area contributed by atoms with Crippen molar-refractivity contribution in [3.05, 3.63) is 30.3 Å². The van der Waals surface area contributed by atoms with Crippen LogP contribution in [0.2, 0.25) is 0 Å². The van der Waals surface area contributed by atoms with Gasteiger partial charge in [0.05, 0.1) is 11.4 Å². The van der Waals surface area contributed by atoms with Crippen molar-refractivity contribution < 1.29 is 9.90 Å². The van der Waals surface area contributed by atoms with E-state index >= 15 is 0 Å². The van der Waals surface area contributed by atoms with Gasteiger partial charge in [-0.15, -0.1) is 11.8 Å². The van der Waals surface area contributed by atoms with Gasteiger partial charge in [-0.25, -0.2) is 0 Å². The van der Waals surface area contributed by atoms with E-state index in [2.05, 4.69) is 5.32 Å². The number of nitrogens with one attached hydrogen (secondary N) is 1. The predicted octanol–water partition coefficient (Wildman–Crippen LogP) is 2.05. The molecule has 2 atom stereocenters. The molecule has 4 heteroatoms. The molecule has 1 amide bonds. The van der Waals surface area contributed by atoms with Crippen LogP contribution in [0.1, 0.15) is 20.3 Å². The smallest absolute Gasteiger partial charge is 0.233 e. The van der Waals surface area contributed by atoms with Crippen molar-refractivity contribution in [3.8, 4) is 0 Å². The van der Waals surface area contributed by atoms with E-state index in [0.29, 0.717) is 13.0 Å². The highest BCUT2D eigenvalue weighted by Crippen LogP contribution is 2.22. The summed E-state index contributed by atoms with van der Waals surface area (Å²) in [4.78, 5) is 12.8. The van der Waals surface area contributed by atoms with Crippen LogP contribution in [0.5, 0.6) is 0 Å². The highest BCUT2D eigenvalue weighted by Gasteiger charge is 2.13. The third-order valence-corrected chi connectivity index (χ3v) is 3.40. The molecule has 0 radical (unpaired) electrons. The minimum atomic E-state index is -0.368. The zero-order chi connectivity index (χ0) is 12.7. The molecule has 0 aliphatic heterocycles. The SMILES string of the molecule is CC(O)CCNC(=O)C(C)Sc1ccccc1. The Hall–Kier alpha value is -1.00. The summed E-state index contributed by atoms with van der Waals surface area (Å²) in [5.41, 5.74) is 0. The second-order valence-electron chi connectivity index (χ2n) is 4.00. The molecule has 1 aromatic rings. The average Bonchev–Trinajstić information content (AvgIpc) is 2.29. The van der Waals surface area contributed by atoms with Gasteiger partial charge in [0.25, 0.3) is 0 Å². The zero-order valence-electron chi connectivity index (χ0n) is 10.2.